The molecule has 1 unspecified atom stereocenters. The average Bonchev–Trinajstić information content (AvgIpc) is 3.32. The maximum Gasteiger partial charge on any atom is 0.315 e. The number of nitrogens with zero attached hydrogens (tertiary/aromatic N) is 1. The van der Waals surface area contributed by atoms with Crippen molar-refractivity contribution in [2.24, 2.45) is 5.73 Å². The van der Waals surface area contributed by atoms with Gasteiger partial charge in [0.15, 0.2) is 6.04 Å². The molecular formula is C31H44N6O6. The molecule has 234 valence electrons. The Balaban J connectivity index is 0.000000859. The van der Waals surface area contributed by atoms with Gasteiger partial charge in [-0.3, -0.25) is 14.4 Å². The Morgan fingerprint density at radius 2 is 1.74 bits per heavy atom. The second-order valence-corrected chi connectivity index (χ2v) is 8.99. The van der Waals surface area contributed by atoms with Crippen molar-refractivity contribution in [3.63, 3.8) is 0 Å². The lowest BCUT2D eigenvalue weighted by atomic mass is 9.93. The third-order valence-electron chi connectivity index (χ3n) is 5.78. The molecule has 5 amide bonds. The molecule has 0 saturated carbocycles. The van der Waals surface area contributed by atoms with E-state index in [-0.39, 0.29) is 12.5 Å². The fraction of sp³-hybridized carbons (Fsp3) is 0.387. The van der Waals surface area contributed by atoms with Crippen LogP contribution in [0, 0.1) is 11.8 Å². The summed E-state index contributed by atoms with van der Waals surface area (Å²) in [6.45, 7) is 8.30. The molecule has 3 rings (SSSR count). The van der Waals surface area contributed by atoms with Crippen LogP contribution in [0.15, 0.2) is 42.5 Å². The van der Waals surface area contributed by atoms with Gasteiger partial charge in [0, 0.05) is 31.8 Å². The summed E-state index contributed by atoms with van der Waals surface area (Å²) in [5, 5.41) is 9.94. The van der Waals surface area contributed by atoms with Crippen molar-refractivity contribution in [1.82, 2.24) is 26.2 Å². The number of rotatable bonds is 8. The Labute approximate surface area is 254 Å². The van der Waals surface area contributed by atoms with Crippen LogP contribution in [-0.4, -0.2) is 76.3 Å². The highest BCUT2D eigenvalue weighted by molar-refractivity contribution is 5.98. The minimum absolute atomic E-state index is 0.0578. The van der Waals surface area contributed by atoms with Crippen molar-refractivity contribution in [2.75, 3.05) is 34.8 Å². The molecule has 1 aliphatic heterocycles. The van der Waals surface area contributed by atoms with Gasteiger partial charge in [0.1, 0.15) is 12.0 Å². The number of urea groups is 1. The minimum Gasteiger partial charge on any atom is -0.497 e. The van der Waals surface area contributed by atoms with Crippen LogP contribution in [-0.2, 0) is 26.5 Å². The third kappa shape index (κ3) is 12.2. The number of likely N-dealkylation sites (N-methyl/N-ethyl adjacent to an activating group) is 1. The van der Waals surface area contributed by atoms with Gasteiger partial charge in [0.2, 0.25) is 6.41 Å². The zero-order valence-corrected chi connectivity index (χ0v) is 26.2. The molecule has 0 saturated heterocycles. The summed E-state index contributed by atoms with van der Waals surface area (Å²) >= 11 is 0. The van der Waals surface area contributed by atoms with Gasteiger partial charge in [-0.05, 0) is 56.3 Å². The highest BCUT2D eigenvalue weighted by Crippen LogP contribution is 2.25. The number of carbonyl (C=O) groups excluding carboxylic acids is 5. The lowest BCUT2D eigenvalue weighted by Crippen LogP contribution is -2.46. The van der Waals surface area contributed by atoms with Crippen molar-refractivity contribution < 1.29 is 28.7 Å². The number of nitrogens with two attached hydrogens (primary N) is 1. The first-order valence-electron chi connectivity index (χ1n) is 13.6. The molecule has 12 heteroatoms. The fourth-order valence-corrected chi connectivity index (χ4v) is 3.61. The molecule has 0 spiro atoms. The van der Waals surface area contributed by atoms with Crippen LogP contribution in [0.4, 0.5) is 4.79 Å². The smallest absolute Gasteiger partial charge is 0.315 e. The first-order chi connectivity index (χ1) is 20.6. The number of fused-ring (bicyclic) bond motifs is 1. The van der Waals surface area contributed by atoms with E-state index in [0.29, 0.717) is 24.8 Å². The van der Waals surface area contributed by atoms with Crippen LogP contribution in [0.1, 0.15) is 54.7 Å². The Kier molecular flexibility index (Phi) is 17.8. The predicted octanol–water partition coefficient (Wildman–Crippen LogP) is 1.51. The first kappa shape index (κ1) is 38.1. The summed E-state index contributed by atoms with van der Waals surface area (Å²) in [7, 11) is 6.36. The number of ether oxygens (including phenoxy) is 1. The normalized spacial score (nSPS) is 11.5. The van der Waals surface area contributed by atoms with Crippen LogP contribution < -0.4 is 31.7 Å². The van der Waals surface area contributed by atoms with E-state index < -0.39 is 23.5 Å². The number of hydrogen-bond acceptors (Lipinski definition) is 7. The highest BCUT2D eigenvalue weighted by Gasteiger charge is 2.24. The van der Waals surface area contributed by atoms with E-state index >= 15 is 0 Å². The molecule has 43 heavy (non-hydrogen) atoms. The summed E-state index contributed by atoms with van der Waals surface area (Å²) in [5.74, 6) is 5.91. The van der Waals surface area contributed by atoms with E-state index in [4.69, 9.17) is 4.74 Å². The van der Waals surface area contributed by atoms with Crippen LogP contribution in [0.3, 0.4) is 0 Å². The summed E-state index contributed by atoms with van der Waals surface area (Å²) in [6, 6.07) is 11.3. The molecule has 12 nitrogen and oxygen atoms in total. The topological polar surface area (TPSA) is 172 Å². The number of nitrogens with one attached hydrogen (secondary N) is 4. The second kappa shape index (κ2) is 20.1. The van der Waals surface area contributed by atoms with E-state index in [1.165, 1.54) is 14.1 Å². The molecular weight excluding hydrogens is 552 g/mol. The molecule has 1 heterocycles. The van der Waals surface area contributed by atoms with Crippen molar-refractivity contribution in [3.8, 4) is 17.6 Å². The number of amides is 5. The number of methoxy groups -OCH3 is 1. The molecule has 0 aromatic heterocycles. The van der Waals surface area contributed by atoms with Crippen LogP contribution in [0.2, 0.25) is 0 Å². The monoisotopic (exact) mass is 596 g/mol. The van der Waals surface area contributed by atoms with E-state index in [2.05, 4.69) is 38.8 Å². The molecule has 0 fully saturated rings. The molecule has 6 N–H and O–H groups in total. The van der Waals surface area contributed by atoms with Gasteiger partial charge in [-0.15, -0.1) is 0 Å². The maximum atomic E-state index is 11.7. The third-order valence-corrected chi connectivity index (χ3v) is 5.78. The van der Waals surface area contributed by atoms with Crippen molar-refractivity contribution in [3.05, 3.63) is 64.7 Å². The quantitative estimate of drug-likeness (QED) is 0.227. The zero-order valence-electron chi connectivity index (χ0n) is 26.2. The molecule has 0 bridgehead atoms. The van der Waals surface area contributed by atoms with Gasteiger partial charge >= 0.3 is 6.03 Å². The van der Waals surface area contributed by atoms with Crippen LogP contribution in [0.25, 0.3) is 0 Å². The van der Waals surface area contributed by atoms with E-state index in [0.717, 1.165) is 22.4 Å². The van der Waals surface area contributed by atoms with E-state index in [1.807, 2.05) is 39.8 Å². The van der Waals surface area contributed by atoms with Gasteiger partial charge in [0.25, 0.3) is 11.8 Å². The number of benzene rings is 2. The molecule has 0 radical (unpaired) electrons. The summed E-state index contributed by atoms with van der Waals surface area (Å²) in [6.07, 6.45) is 1.02. The van der Waals surface area contributed by atoms with Gasteiger partial charge in [-0.1, -0.05) is 43.9 Å². The van der Waals surface area contributed by atoms with Gasteiger partial charge in [-0.2, -0.15) is 0 Å². The first-order valence-corrected chi connectivity index (χ1v) is 13.6. The van der Waals surface area contributed by atoms with Gasteiger partial charge < -0.3 is 41.4 Å². The predicted molar refractivity (Wildman–Crippen MR) is 166 cm³/mol. The average molecular weight is 597 g/mol. The van der Waals surface area contributed by atoms with E-state index in [9.17, 15) is 24.0 Å². The van der Waals surface area contributed by atoms with Crippen molar-refractivity contribution >= 4 is 30.5 Å². The molecule has 2 aromatic rings. The largest absolute Gasteiger partial charge is 0.497 e. The Bertz CT molecular complexity index is 1270. The van der Waals surface area contributed by atoms with Crippen molar-refractivity contribution in [1.29, 1.82) is 0 Å². The zero-order chi connectivity index (χ0) is 33.0. The van der Waals surface area contributed by atoms with E-state index in [1.54, 1.807) is 49.4 Å². The maximum absolute atomic E-state index is 11.7. The Morgan fingerprint density at radius 1 is 1.12 bits per heavy atom. The summed E-state index contributed by atoms with van der Waals surface area (Å²) < 4.78 is 5.05. The SMILES string of the molecule is CC.CN.CNC(=O)C(C#Cc1ccc(C(C)(C)NC(=O)NCC=O)cc1)NC=O.COc1ccc2c(c1)C(=O)N(C)C2. The fourth-order valence-electron chi connectivity index (χ4n) is 3.61. The van der Waals surface area contributed by atoms with Crippen LogP contribution >= 0.6 is 0 Å². The summed E-state index contributed by atoms with van der Waals surface area (Å²) in [5.41, 5.74) is 7.16. The number of carbonyl (C=O) groups is 5. The second-order valence-electron chi connectivity index (χ2n) is 8.99. The Hall–Kier alpha value is -4.89. The minimum atomic E-state index is -0.934. The lowest BCUT2D eigenvalue weighted by molar-refractivity contribution is -0.123. The van der Waals surface area contributed by atoms with Crippen LogP contribution in [0.5, 0.6) is 5.75 Å². The molecule has 2 aromatic carbocycles. The van der Waals surface area contributed by atoms with Crippen molar-refractivity contribution in [2.45, 2.75) is 45.8 Å². The highest BCUT2D eigenvalue weighted by atomic mass is 16.5. The standard InChI is InChI=1S/C18H22N4O4.C10H11NO2.C2H6.CH5N/c1-18(2,22-17(26)20-10-11-23)14-7-4-13(5-8-14)6-9-15(21-12-24)16(25)19-3;1-11-6-7-3-4-8(13-2)5-9(7)10(11)12;2*1-2/h4-5,7-8,11-12,15H,10H2,1-3H3,(H,19,25)(H,21,24)(H2,20,22,26);3-5H,6H2,1-2H3;1-2H3;2H2,1H3. The number of hydrogen-bond donors (Lipinski definition) is 5. The Morgan fingerprint density at radius 3 is 2.28 bits per heavy atom. The van der Waals surface area contributed by atoms with Gasteiger partial charge in [-0.25, -0.2) is 4.79 Å². The lowest BCUT2D eigenvalue weighted by Gasteiger charge is -2.27. The molecule has 0 aliphatic carbocycles. The molecule has 1 aliphatic rings. The number of aldehydes is 1. The molecule has 1 atom stereocenters. The summed E-state index contributed by atoms with van der Waals surface area (Å²) in [4.78, 5) is 57.4. The van der Waals surface area contributed by atoms with Gasteiger partial charge in [0.05, 0.1) is 19.2 Å².